The minimum absolute atomic E-state index is 0.0208. The highest BCUT2D eigenvalue weighted by molar-refractivity contribution is 6.24. The van der Waals surface area contributed by atoms with E-state index in [1.54, 1.807) is 27.3 Å². The summed E-state index contributed by atoms with van der Waals surface area (Å²) in [4.78, 5) is 43.6. The van der Waals surface area contributed by atoms with Gasteiger partial charge in [0.25, 0.3) is 5.91 Å². The number of Topliss-reactive ketones (excluding diaryl/α,β-unsaturated/α-hetero) is 2. The van der Waals surface area contributed by atoms with Crippen molar-refractivity contribution in [3.05, 3.63) is 63.9 Å². The summed E-state index contributed by atoms with van der Waals surface area (Å²) < 4.78 is 5.74. The average molecular weight is 618 g/mol. The second kappa shape index (κ2) is 11.3. The van der Waals surface area contributed by atoms with Crippen molar-refractivity contribution in [1.82, 2.24) is 9.80 Å². The van der Waals surface area contributed by atoms with Crippen molar-refractivity contribution in [3.63, 3.8) is 0 Å². The van der Waals surface area contributed by atoms with Crippen molar-refractivity contribution in [3.8, 4) is 22.6 Å². The number of aromatic hydroxyl groups is 1. The molecule has 1 aliphatic heterocycles. The number of aliphatic hydroxyl groups excluding tert-OH is 2. The van der Waals surface area contributed by atoms with Gasteiger partial charge in [0.2, 0.25) is 5.78 Å². The van der Waals surface area contributed by atoms with Gasteiger partial charge in [0.05, 0.1) is 18.7 Å². The first-order valence-corrected chi connectivity index (χ1v) is 15.3. The summed E-state index contributed by atoms with van der Waals surface area (Å²) in [6.45, 7) is 2.83. The molecule has 1 heterocycles. The molecule has 0 spiro atoms. The van der Waals surface area contributed by atoms with E-state index in [0.29, 0.717) is 16.9 Å². The Morgan fingerprint density at radius 3 is 2.42 bits per heavy atom. The zero-order valence-corrected chi connectivity index (χ0v) is 25.7. The SMILES string of the molecule is COc1ccc(CN2CCCCC2)cc1-c1ccc(O)c2c1C[C@@H]1C[C@@H]3[C@@H](N(C)C)C(=O)C(C(N)=O)=C(O)[C@]3(O)C(=O)C1=C2O. The van der Waals surface area contributed by atoms with Crippen molar-refractivity contribution < 1.29 is 39.5 Å². The maximum absolute atomic E-state index is 14.1. The zero-order chi connectivity index (χ0) is 32.4. The van der Waals surface area contributed by atoms with E-state index in [2.05, 4.69) is 11.0 Å². The van der Waals surface area contributed by atoms with Gasteiger partial charge in [-0.1, -0.05) is 18.6 Å². The van der Waals surface area contributed by atoms with E-state index in [-0.39, 0.29) is 29.7 Å². The van der Waals surface area contributed by atoms with Crippen LogP contribution in [0.1, 0.15) is 42.4 Å². The number of amides is 1. The molecule has 2 aromatic rings. The number of likely N-dealkylation sites (tertiary alicyclic amines) is 1. The van der Waals surface area contributed by atoms with Crippen molar-refractivity contribution >= 4 is 23.2 Å². The lowest BCUT2D eigenvalue weighted by Gasteiger charge is -2.50. The number of phenols is 1. The average Bonchev–Trinajstić information content (AvgIpc) is 2.99. The molecule has 1 amide bonds. The normalized spacial score (nSPS) is 26.9. The summed E-state index contributed by atoms with van der Waals surface area (Å²) in [5.74, 6) is -6.17. The quantitative estimate of drug-likeness (QED) is 0.303. The van der Waals surface area contributed by atoms with Crippen molar-refractivity contribution in [2.75, 3.05) is 34.3 Å². The third-order valence-corrected chi connectivity index (χ3v) is 10.0. The Labute approximate surface area is 261 Å². The van der Waals surface area contributed by atoms with E-state index >= 15 is 0 Å². The number of piperidine rings is 1. The van der Waals surface area contributed by atoms with Crippen LogP contribution in [0, 0.1) is 11.8 Å². The molecule has 3 aliphatic carbocycles. The molecule has 4 aliphatic rings. The first kappa shape index (κ1) is 30.8. The van der Waals surface area contributed by atoms with Crippen LogP contribution in [0.5, 0.6) is 11.5 Å². The molecule has 6 N–H and O–H groups in total. The van der Waals surface area contributed by atoms with Crippen LogP contribution < -0.4 is 10.5 Å². The fourth-order valence-electron chi connectivity index (χ4n) is 7.94. The lowest BCUT2D eigenvalue weighted by atomic mass is 9.57. The molecule has 4 atom stereocenters. The van der Waals surface area contributed by atoms with E-state index in [1.165, 1.54) is 17.4 Å². The van der Waals surface area contributed by atoms with Gasteiger partial charge in [-0.05, 0) is 93.7 Å². The molecule has 11 heteroatoms. The Morgan fingerprint density at radius 2 is 1.78 bits per heavy atom. The molecule has 11 nitrogen and oxygen atoms in total. The number of rotatable bonds is 6. The minimum atomic E-state index is -2.68. The lowest BCUT2D eigenvalue weighted by Crippen LogP contribution is -2.65. The molecular formula is C34H39N3O8. The number of primary amides is 1. The van der Waals surface area contributed by atoms with Crippen molar-refractivity contribution in [2.24, 2.45) is 17.6 Å². The number of phenolic OH excluding ortho intramolecular Hbond substituents is 1. The Balaban J connectivity index is 1.49. The van der Waals surface area contributed by atoms with Crippen LogP contribution in [0.25, 0.3) is 16.9 Å². The van der Waals surface area contributed by atoms with Gasteiger partial charge in [0, 0.05) is 23.6 Å². The Morgan fingerprint density at radius 1 is 1.07 bits per heavy atom. The molecule has 1 saturated carbocycles. The van der Waals surface area contributed by atoms with Crippen LogP contribution in [0.3, 0.4) is 0 Å². The third-order valence-electron chi connectivity index (χ3n) is 10.0. The summed E-state index contributed by atoms with van der Waals surface area (Å²) in [5, 5.41) is 45.6. The number of carbonyl (C=O) groups is 3. The fraction of sp³-hybridized carbons (Fsp3) is 0.441. The summed E-state index contributed by atoms with van der Waals surface area (Å²) in [5.41, 5.74) is 4.93. The lowest BCUT2D eigenvalue weighted by molar-refractivity contribution is -0.153. The largest absolute Gasteiger partial charge is 0.508 e. The Hall–Kier alpha value is -4.19. The number of likely N-dealkylation sites (N-methyl/N-ethyl adjacent to an activating group) is 1. The first-order chi connectivity index (χ1) is 21.4. The third kappa shape index (κ3) is 4.72. The molecule has 1 saturated heterocycles. The number of ether oxygens (including phenoxy) is 1. The number of nitrogens with two attached hydrogens (primary N) is 1. The molecule has 45 heavy (non-hydrogen) atoms. The standard InChI is InChI=1S/C34H39N3O8/c1-36(2)28-22-15-18-14-21-19(20-13-17(7-10-24(20)45-3)16-37-11-5-4-6-12-37)8-9-23(38)26(21)29(39)25(18)31(41)34(22,44)32(42)27(30(28)40)33(35)43/h7-10,13,18,22,28,38-39,42,44H,4-6,11-12,14-16H2,1-3H3,(H2,35,43)/t18-,22-,28-,34-/m1/s1. The summed E-state index contributed by atoms with van der Waals surface area (Å²) >= 11 is 0. The Bertz CT molecular complexity index is 1670. The van der Waals surface area contributed by atoms with Crippen LogP contribution in [0.2, 0.25) is 0 Å². The second-order valence-electron chi connectivity index (χ2n) is 12.8. The predicted molar refractivity (Wildman–Crippen MR) is 165 cm³/mol. The van der Waals surface area contributed by atoms with Crippen LogP contribution in [-0.2, 0) is 27.3 Å². The first-order valence-electron chi connectivity index (χ1n) is 15.3. The predicted octanol–water partition coefficient (Wildman–Crippen LogP) is 2.63. The van der Waals surface area contributed by atoms with Gasteiger partial charge >= 0.3 is 0 Å². The van der Waals surface area contributed by atoms with E-state index in [4.69, 9.17) is 10.5 Å². The highest BCUT2D eigenvalue weighted by Crippen LogP contribution is 2.54. The zero-order valence-electron chi connectivity index (χ0n) is 25.7. The molecule has 238 valence electrons. The van der Waals surface area contributed by atoms with Crippen LogP contribution in [-0.4, -0.2) is 93.6 Å². The highest BCUT2D eigenvalue weighted by Gasteiger charge is 2.64. The van der Waals surface area contributed by atoms with Crippen LogP contribution in [0.15, 0.2) is 47.2 Å². The van der Waals surface area contributed by atoms with Gasteiger partial charge in [0.1, 0.15) is 28.6 Å². The van der Waals surface area contributed by atoms with E-state index in [0.717, 1.165) is 43.6 Å². The van der Waals surface area contributed by atoms with Crippen molar-refractivity contribution in [1.29, 1.82) is 0 Å². The maximum Gasteiger partial charge on any atom is 0.255 e. The smallest absolute Gasteiger partial charge is 0.255 e. The number of fused-ring (bicyclic) bond motifs is 3. The second-order valence-corrected chi connectivity index (χ2v) is 12.8. The van der Waals surface area contributed by atoms with Crippen LogP contribution in [0.4, 0.5) is 0 Å². The van der Waals surface area contributed by atoms with E-state index < -0.39 is 58.0 Å². The topological polar surface area (TPSA) is 174 Å². The van der Waals surface area contributed by atoms with Gasteiger partial charge in [-0.2, -0.15) is 0 Å². The minimum Gasteiger partial charge on any atom is -0.508 e. The maximum atomic E-state index is 14.1. The summed E-state index contributed by atoms with van der Waals surface area (Å²) in [7, 11) is 4.73. The van der Waals surface area contributed by atoms with Gasteiger partial charge in [-0.15, -0.1) is 0 Å². The monoisotopic (exact) mass is 617 g/mol. The van der Waals surface area contributed by atoms with Gasteiger partial charge in [-0.25, -0.2) is 0 Å². The van der Waals surface area contributed by atoms with Gasteiger partial charge in [0.15, 0.2) is 11.4 Å². The molecule has 0 bridgehead atoms. The summed E-state index contributed by atoms with van der Waals surface area (Å²) in [6, 6.07) is 8.05. The molecule has 0 radical (unpaired) electrons. The Kier molecular flexibility index (Phi) is 7.75. The number of ketones is 2. The number of nitrogens with zero attached hydrogens (tertiary/aromatic N) is 2. The number of benzene rings is 2. The fourth-order valence-corrected chi connectivity index (χ4v) is 7.94. The molecule has 2 fully saturated rings. The number of carbonyl (C=O) groups excluding carboxylic acids is 3. The molecule has 2 aromatic carbocycles. The summed E-state index contributed by atoms with van der Waals surface area (Å²) in [6.07, 6.45) is 3.77. The number of aliphatic hydroxyl groups is 3. The molecule has 0 unspecified atom stereocenters. The highest BCUT2D eigenvalue weighted by atomic mass is 16.5. The van der Waals surface area contributed by atoms with Gasteiger partial charge < -0.3 is 30.9 Å². The molecular weight excluding hydrogens is 578 g/mol. The number of hydrogen-bond donors (Lipinski definition) is 5. The van der Waals surface area contributed by atoms with E-state index in [1.807, 2.05) is 12.1 Å². The number of methoxy groups -OCH3 is 1. The molecule has 6 rings (SSSR count). The van der Waals surface area contributed by atoms with Crippen molar-refractivity contribution in [2.45, 2.75) is 50.3 Å². The number of hydrogen-bond acceptors (Lipinski definition) is 10. The van der Waals surface area contributed by atoms with Gasteiger partial charge in [-0.3, -0.25) is 24.2 Å². The molecule has 0 aromatic heterocycles. The van der Waals surface area contributed by atoms with E-state index in [9.17, 15) is 34.8 Å². The van der Waals surface area contributed by atoms with Crippen LogP contribution >= 0.6 is 0 Å².